The summed E-state index contributed by atoms with van der Waals surface area (Å²) in [4.78, 5) is 22.1. The summed E-state index contributed by atoms with van der Waals surface area (Å²) in [6.07, 6.45) is 3.39. The Labute approximate surface area is 174 Å². The highest BCUT2D eigenvalue weighted by atomic mass is 16.4. The van der Waals surface area contributed by atoms with Crippen molar-refractivity contribution in [1.82, 2.24) is 4.90 Å². The number of phenolic OH excluding ortho intramolecular Hbond substituents is 1. The standard InChI is InChI=1S/C17H23NO.C4H6O6.H2O/c1-18-9-8-17-7-3-2-4-14(17)16(18)10-12-5-6-13(19)11-15(12)17;5-1(3(7)8)2(6)4(9)10;/h5-6,11,14,16,19H,2-4,7-10H2,1H3;1-2,5-6H,(H,7,8)(H,9,10);1H2/t14-,16+,17+;1-,2-;/m01./s1. The van der Waals surface area contributed by atoms with Crippen molar-refractivity contribution < 1.29 is 40.6 Å². The van der Waals surface area contributed by atoms with Crippen molar-refractivity contribution in [3.8, 4) is 5.75 Å². The molecule has 1 aromatic carbocycles. The summed E-state index contributed by atoms with van der Waals surface area (Å²) < 4.78 is 0. The molecule has 5 atom stereocenters. The molecule has 1 aromatic rings. The molecule has 1 aliphatic heterocycles. The zero-order valence-corrected chi connectivity index (χ0v) is 17.0. The molecule has 30 heavy (non-hydrogen) atoms. The molecule has 168 valence electrons. The van der Waals surface area contributed by atoms with Crippen molar-refractivity contribution in [1.29, 1.82) is 0 Å². The second-order valence-corrected chi connectivity index (χ2v) is 8.42. The first-order valence-electron chi connectivity index (χ1n) is 10.0. The number of aliphatic hydroxyl groups is 2. The maximum absolute atomic E-state index is 9.91. The molecule has 9 nitrogen and oxygen atoms in total. The van der Waals surface area contributed by atoms with E-state index in [1.165, 1.54) is 56.2 Å². The van der Waals surface area contributed by atoms with Crippen molar-refractivity contribution in [3.05, 3.63) is 29.3 Å². The van der Waals surface area contributed by atoms with E-state index in [4.69, 9.17) is 20.4 Å². The molecule has 9 heteroatoms. The SMILES string of the molecule is CN1CC[C@]23CCCC[C@H]2[C@H]1Cc1ccc(O)cc13.O.O=C(O)[C@H](O)[C@@H](O)C(=O)O. The van der Waals surface area contributed by atoms with Crippen LogP contribution in [0.4, 0.5) is 0 Å². The van der Waals surface area contributed by atoms with Crippen LogP contribution in [0.25, 0.3) is 0 Å². The van der Waals surface area contributed by atoms with Crippen LogP contribution in [0.2, 0.25) is 0 Å². The van der Waals surface area contributed by atoms with Crippen molar-refractivity contribution in [2.75, 3.05) is 13.6 Å². The van der Waals surface area contributed by atoms with Gasteiger partial charge in [-0.2, -0.15) is 0 Å². The first-order chi connectivity index (χ1) is 13.7. The number of aliphatic hydroxyl groups excluding tert-OH is 2. The fourth-order valence-electron chi connectivity index (χ4n) is 5.45. The van der Waals surface area contributed by atoms with Crippen molar-refractivity contribution in [3.63, 3.8) is 0 Å². The first-order valence-corrected chi connectivity index (χ1v) is 10.0. The average Bonchev–Trinajstić information content (AvgIpc) is 2.70. The molecule has 0 unspecified atom stereocenters. The van der Waals surface area contributed by atoms with Gasteiger partial charge in [-0.15, -0.1) is 0 Å². The number of nitrogens with zero attached hydrogens (tertiary/aromatic N) is 1. The molecule has 0 aromatic heterocycles. The Hall–Kier alpha value is -2.20. The van der Waals surface area contributed by atoms with Crippen molar-refractivity contribution >= 4 is 11.9 Å². The Bertz CT molecular complexity index is 766. The minimum atomic E-state index is -2.27. The zero-order chi connectivity index (χ0) is 21.3. The number of carboxylic acid groups (broad SMARTS) is 2. The van der Waals surface area contributed by atoms with E-state index >= 15 is 0 Å². The number of carbonyl (C=O) groups is 2. The summed E-state index contributed by atoms with van der Waals surface area (Å²) in [6.45, 7) is 1.22. The minimum Gasteiger partial charge on any atom is -0.508 e. The summed E-state index contributed by atoms with van der Waals surface area (Å²) >= 11 is 0. The number of hydrogen-bond donors (Lipinski definition) is 5. The van der Waals surface area contributed by atoms with Gasteiger partial charge in [-0.3, -0.25) is 0 Å². The van der Waals surface area contributed by atoms with E-state index in [0.29, 0.717) is 11.2 Å². The van der Waals surface area contributed by atoms with Gasteiger partial charge in [-0.1, -0.05) is 18.9 Å². The van der Waals surface area contributed by atoms with Gasteiger partial charge in [-0.25, -0.2) is 9.59 Å². The molecule has 1 heterocycles. The second-order valence-electron chi connectivity index (χ2n) is 8.42. The highest BCUT2D eigenvalue weighted by Gasteiger charge is 2.53. The number of piperidine rings is 1. The predicted molar refractivity (Wildman–Crippen MR) is 107 cm³/mol. The van der Waals surface area contributed by atoms with Crippen molar-refractivity contribution in [2.45, 2.75) is 62.2 Å². The molecule has 1 saturated carbocycles. The van der Waals surface area contributed by atoms with Gasteiger partial charge in [0, 0.05) is 11.5 Å². The normalized spacial score (nSPS) is 29.0. The molecule has 4 rings (SSSR count). The van der Waals surface area contributed by atoms with Crippen LogP contribution in [-0.4, -0.2) is 79.7 Å². The Morgan fingerprint density at radius 2 is 1.73 bits per heavy atom. The number of fused-ring (bicyclic) bond motifs is 1. The van der Waals surface area contributed by atoms with E-state index in [1.54, 1.807) is 0 Å². The number of aromatic hydroxyl groups is 1. The van der Waals surface area contributed by atoms with Crippen LogP contribution in [0.1, 0.15) is 43.2 Å². The summed E-state index contributed by atoms with van der Waals surface area (Å²) in [7, 11) is 2.30. The number of likely N-dealkylation sites (tertiary alicyclic amines) is 1. The quantitative estimate of drug-likeness (QED) is 0.455. The lowest BCUT2D eigenvalue weighted by Crippen LogP contribution is -2.59. The summed E-state index contributed by atoms with van der Waals surface area (Å²) in [5, 5.41) is 42.4. The van der Waals surface area contributed by atoms with E-state index < -0.39 is 24.1 Å². The maximum atomic E-state index is 9.91. The van der Waals surface area contributed by atoms with E-state index in [-0.39, 0.29) is 5.48 Å². The van der Waals surface area contributed by atoms with Gasteiger partial charge in [-0.05, 0) is 68.5 Å². The molecule has 0 spiro atoms. The van der Waals surface area contributed by atoms with Gasteiger partial charge < -0.3 is 35.9 Å². The summed E-state index contributed by atoms with van der Waals surface area (Å²) in [6, 6.07) is 6.85. The lowest BCUT2D eigenvalue weighted by atomic mass is 9.52. The van der Waals surface area contributed by atoms with Gasteiger partial charge >= 0.3 is 11.9 Å². The predicted octanol–water partition coefficient (Wildman–Crippen LogP) is 0.133. The molecule has 2 fully saturated rings. The number of aliphatic carboxylic acids is 2. The zero-order valence-electron chi connectivity index (χ0n) is 17.0. The fraction of sp³-hybridized carbons (Fsp3) is 0.619. The smallest absolute Gasteiger partial charge is 0.335 e. The molecule has 3 aliphatic rings. The number of hydrogen-bond acceptors (Lipinski definition) is 6. The Kier molecular flexibility index (Phi) is 7.46. The highest BCUT2D eigenvalue weighted by Crippen LogP contribution is 2.55. The number of benzene rings is 1. The molecule has 2 aliphatic carbocycles. The Morgan fingerprint density at radius 3 is 2.33 bits per heavy atom. The molecule has 1 saturated heterocycles. The molecule has 0 radical (unpaired) electrons. The molecule has 2 bridgehead atoms. The Morgan fingerprint density at radius 1 is 1.10 bits per heavy atom. The summed E-state index contributed by atoms with van der Waals surface area (Å²) in [5.74, 6) is -2.27. The molecule has 7 N–H and O–H groups in total. The van der Waals surface area contributed by atoms with Gasteiger partial charge in [0.25, 0.3) is 0 Å². The van der Waals surface area contributed by atoms with E-state index in [0.717, 1.165) is 12.0 Å². The first kappa shape index (κ1) is 24.1. The van der Waals surface area contributed by atoms with Crippen LogP contribution in [0, 0.1) is 5.92 Å². The van der Waals surface area contributed by atoms with Crippen LogP contribution in [-0.2, 0) is 21.4 Å². The van der Waals surface area contributed by atoms with Gasteiger partial charge in [0.2, 0.25) is 0 Å². The van der Waals surface area contributed by atoms with E-state index in [1.807, 2.05) is 6.07 Å². The number of likely N-dealkylation sites (N-methyl/N-ethyl adjacent to an activating group) is 1. The maximum Gasteiger partial charge on any atom is 0.335 e. The van der Waals surface area contributed by atoms with Crippen LogP contribution >= 0.6 is 0 Å². The van der Waals surface area contributed by atoms with Crippen LogP contribution in [0.15, 0.2) is 18.2 Å². The average molecular weight is 425 g/mol. The van der Waals surface area contributed by atoms with Gasteiger partial charge in [0.05, 0.1) is 0 Å². The minimum absolute atomic E-state index is 0. The lowest BCUT2D eigenvalue weighted by molar-refractivity contribution is -0.165. The highest BCUT2D eigenvalue weighted by molar-refractivity contribution is 5.83. The van der Waals surface area contributed by atoms with Crippen molar-refractivity contribution in [2.24, 2.45) is 5.92 Å². The molecule has 0 amide bonds. The number of carboxylic acids is 2. The third kappa shape index (κ3) is 4.29. The number of rotatable bonds is 3. The molecular weight excluding hydrogens is 394 g/mol. The Balaban J connectivity index is 0.000000253. The van der Waals surface area contributed by atoms with Crippen LogP contribution < -0.4 is 0 Å². The second kappa shape index (κ2) is 9.30. The van der Waals surface area contributed by atoms with Gasteiger partial charge in [0.1, 0.15) is 5.75 Å². The van der Waals surface area contributed by atoms with E-state index in [9.17, 15) is 14.7 Å². The largest absolute Gasteiger partial charge is 0.508 e. The van der Waals surface area contributed by atoms with E-state index in [2.05, 4.69) is 24.1 Å². The third-order valence-corrected chi connectivity index (χ3v) is 6.90. The molecular formula is C21H31NO8. The summed E-state index contributed by atoms with van der Waals surface area (Å²) in [5.41, 5.74) is 3.36. The van der Waals surface area contributed by atoms with Crippen LogP contribution in [0.5, 0.6) is 5.75 Å². The number of phenols is 1. The monoisotopic (exact) mass is 425 g/mol. The fourth-order valence-corrected chi connectivity index (χ4v) is 5.45. The third-order valence-electron chi connectivity index (χ3n) is 6.90. The van der Waals surface area contributed by atoms with Crippen LogP contribution in [0.3, 0.4) is 0 Å². The lowest BCUT2D eigenvalue weighted by Gasteiger charge is -2.58. The topological polar surface area (TPSA) is 170 Å². The van der Waals surface area contributed by atoms with Gasteiger partial charge in [0.15, 0.2) is 12.2 Å².